The monoisotopic (exact) mass is 460 g/mol. The van der Waals surface area contributed by atoms with Crippen LogP contribution >= 0.6 is 0 Å². The number of piperazine rings is 2. The van der Waals surface area contributed by atoms with Crippen molar-refractivity contribution in [3.8, 4) is 0 Å². The molecule has 1 amide bonds. The maximum Gasteiger partial charge on any atom is 0.409 e. The van der Waals surface area contributed by atoms with Crippen molar-refractivity contribution >= 4 is 24.4 Å². The Labute approximate surface area is 198 Å². The Bertz CT molecular complexity index is 731. The molecule has 0 aromatic rings. The number of rotatable bonds is 9. The smallest absolute Gasteiger partial charge is 0.409 e. The molecule has 2 heterocycles. The Morgan fingerprint density at radius 1 is 1.06 bits per heavy atom. The number of nitrogens with one attached hydrogen (secondary N) is 2. The van der Waals surface area contributed by atoms with E-state index in [0.29, 0.717) is 31.6 Å². The minimum atomic E-state index is -0.239. The minimum absolute atomic E-state index is 0.239. The number of aliphatic imine (C=N–C) groups is 1. The van der Waals surface area contributed by atoms with Gasteiger partial charge in [0.15, 0.2) is 0 Å². The standard InChI is InChI=1S/C23H40N8O2/c1-5-21(27-22(18-24)30-16-14-29(15-17-30)20(3)4)19-26-25-8-7-9-28-10-12-31(13-11-28)23(32)33-6-2/h7-9,18-20,24,26H,5-6,10-17H2,1-4H3/b9-7+,21-19+,24-18?,25-8-,27-22+. The number of hydrogen-bond donors (Lipinski definition) is 2. The Kier molecular flexibility index (Phi) is 11.4. The van der Waals surface area contributed by atoms with Crippen molar-refractivity contribution in [3.05, 3.63) is 24.2 Å². The van der Waals surface area contributed by atoms with Gasteiger partial charge in [-0.25, -0.2) is 9.79 Å². The summed E-state index contributed by atoms with van der Waals surface area (Å²) in [6.45, 7) is 15.3. The van der Waals surface area contributed by atoms with Crippen LogP contribution in [0.2, 0.25) is 0 Å². The molecular formula is C23H40N8O2. The van der Waals surface area contributed by atoms with E-state index in [0.717, 1.165) is 51.4 Å². The van der Waals surface area contributed by atoms with Crippen LogP contribution in [0.3, 0.4) is 0 Å². The van der Waals surface area contributed by atoms with Crippen molar-refractivity contribution in [2.45, 2.75) is 40.2 Å². The van der Waals surface area contributed by atoms with E-state index in [-0.39, 0.29) is 6.09 Å². The van der Waals surface area contributed by atoms with Crippen LogP contribution in [-0.4, -0.2) is 109 Å². The second-order valence-electron chi connectivity index (χ2n) is 8.19. The maximum atomic E-state index is 11.7. The second-order valence-corrected chi connectivity index (χ2v) is 8.19. The lowest BCUT2D eigenvalue weighted by Gasteiger charge is -2.37. The summed E-state index contributed by atoms with van der Waals surface area (Å²) >= 11 is 0. The van der Waals surface area contributed by atoms with Gasteiger partial charge in [0, 0.05) is 77.0 Å². The third-order valence-electron chi connectivity index (χ3n) is 5.72. The zero-order valence-electron chi connectivity index (χ0n) is 20.5. The number of nitrogens with zero attached hydrogens (tertiary/aromatic N) is 6. The molecule has 0 radical (unpaired) electrons. The summed E-state index contributed by atoms with van der Waals surface area (Å²) in [5.41, 5.74) is 3.77. The normalized spacial score (nSPS) is 19.1. The van der Waals surface area contributed by atoms with Gasteiger partial charge < -0.3 is 24.8 Å². The highest BCUT2D eigenvalue weighted by Crippen LogP contribution is 2.09. The summed E-state index contributed by atoms with van der Waals surface area (Å²) in [5.74, 6) is 0.694. The molecule has 0 aromatic heterocycles. The molecule has 0 aromatic carbocycles. The first kappa shape index (κ1) is 26.4. The van der Waals surface area contributed by atoms with Gasteiger partial charge in [-0.05, 0) is 33.3 Å². The number of carbonyl (C=O) groups excluding carboxylic acids is 1. The first-order valence-electron chi connectivity index (χ1n) is 11.9. The van der Waals surface area contributed by atoms with Crippen molar-refractivity contribution in [2.75, 3.05) is 59.0 Å². The fraction of sp³-hybridized carbons (Fsp3) is 0.652. The van der Waals surface area contributed by atoms with Crippen LogP contribution < -0.4 is 5.43 Å². The number of amides is 1. The van der Waals surface area contributed by atoms with Crippen molar-refractivity contribution in [2.24, 2.45) is 10.1 Å². The fourth-order valence-electron chi connectivity index (χ4n) is 3.65. The van der Waals surface area contributed by atoms with E-state index in [1.165, 1.54) is 6.21 Å². The van der Waals surface area contributed by atoms with Crippen molar-refractivity contribution in [1.82, 2.24) is 25.0 Å². The predicted octanol–water partition coefficient (Wildman–Crippen LogP) is 2.18. The number of hydrogen-bond acceptors (Lipinski definition) is 8. The Balaban J connectivity index is 1.79. The molecule has 184 valence electrons. The summed E-state index contributed by atoms with van der Waals surface area (Å²) < 4.78 is 5.04. The lowest BCUT2D eigenvalue weighted by Crippen LogP contribution is -2.51. The summed E-state index contributed by atoms with van der Waals surface area (Å²) in [7, 11) is 0. The average molecular weight is 461 g/mol. The maximum absolute atomic E-state index is 11.7. The predicted molar refractivity (Wildman–Crippen MR) is 134 cm³/mol. The zero-order valence-corrected chi connectivity index (χ0v) is 20.5. The Morgan fingerprint density at radius 2 is 1.73 bits per heavy atom. The molecule has 0 bridgehead atoms. The van der Waals surface area contributed by atoms with Crippen LogP contribution in [-0.2, 0) is 4.74 Å². The Hall–Kier alpha value is -2.88. The van der Waals surface area contributed by atoms with Crippen LogP contribution in [0, 0.1) is 5.41 Å². The van der Waals surface area contributed by atoms with Crippen molar-refractivity contribution in [1.29, 1.82) is 5.41 Å². The molecule has 10 nitrogen and oxygen atoms in total. The van der Waals surface area contributed by atoms with Crippen LogP contribution in [0.15, 0.2) is 34.3 Å². The van der Waals surface area contributed by atoms with Gasteiger partial charge in [0.25, 0.3) is 0 Å². The van der Waals surface area contributed by atoms with E-state index >= 15 is 0 Å². The van der Waals surface area contributed by atoms with Crippen LogP contribution in [0.5, 0.6) is 0 Å². The third-order valence-corrected chi connectivity index (χ3v) is 5.72. The lowest BCUT2D eigenvalue weighted by molar-refractivity contribution is 0.0891. The molecule has 0 atom stereocenters. The van der Waals surface area contributed by atoms with Crippen molar-refractivity contribution in [3.63, 3.8) is 0 Å². The summed E-state index contributed by atoms with van der Waals surface area (Å²) in [4.78, 5) is 24.9. The first-order chi connectivity index (χ1) is 16.0. The quantitative estimate of drug-likeness (QED) is 0.311. The van der Waals surface area contributed by atoms with Gasteiger partial charge >= 0.3 is 6.09 Å². The Morgan fingerprint density at radius 3 is 2.30 bits per heavy atom. The van der Waals surface area contributed by atoms with Gasteiger partial charge in [0.1, 0.15) is 5.84 Å². The number of amidine groups is 1. The molecular weight excluding hydrogens is 420 g/mol. The van der Waals surface area contributed by atoms with E-state index in [2.05, 4.69) is 44.1 Å². The summed E-state index contributed by atoms with van der Waals surface area (Å²) in [5, 5.41) is 12.0. The number of hydrazone groups is 1. The molecule has 0 spiro atoms. The lowest BCUT2D eigenvalue weighted by atomic mass is 10.2. The minimum Gasteiger partial charge on any atom is -0.450 e. The molecule has 2 fully saturated rings. The average Bonchev–Trinajstić information content (AvgIpc) is 2.83. The molecule has 33 heavy (non-hydrogen) atoms. The highest BCUT2D eigenvalue weighted by Gasteiger charge is 2.21. The summed E-state index contributed by atoms with van der Waals surface area (Å²) in [6.07, 6.45) is 9.14. The van der Waals surface area contributed by atoms with Crippen LogP contribution in [0.4, 0.5) is 4.79 Å². The van der Waals surface area contributed by atoms with Gasteiger partial charge in [-0.15, -0.1) is 0 Å². The van der Waals surface area contributed by atoms with Crippen LogP contribution in [0.1, 0.15) is 34.1 Å². The van der Waals surface area contributed by atoms with Gasteiger partial charge in [-0.2, -0.15) is 5.10 Å². The van der Waals surface area contributed by atoms with Gasteiger partial charge in [0.05, 0.1) is 18.5 Å². The van der Waals surface area contributed by atoms with Gasteiger partial charge in [-0.1, -0.05) is 6.92 Å². The molecule has 0 saturated carbocycles. The van der Waals surface area contributed by atoms with Crippen molar-refractivity contribution < 1.29 is 9.53 Å². The molecule has 10 heteroatoms. The molecule has 0 aliphatic carbocycles. The topological polar surface area (TPSA) is 99.9 Å². The number of carbonyl (C=O) groups is 1. The molecule has 2 aliphatic rings. The molecule has 2 rings (SSSR count). The van der Waals surface area contributed by atoms with E-state index in [9.17, 15) is 4.79 Å². The van der Waals surface area contributed by atoms with E-state index in [4.69, 9.17) is 10.1 Å². The highest BCUT2D eigenvalue weighted by molar-refractivity contribution is 6.28. The van der Waals surface area contributed by atoms with Gasteiger partial charge in [-0.3, -0.25) is 10.3 Å². The van der Waals surface area contributed by atoms with E-state index in [1.807, 2.05) is 26.1 Å². The fourth-order valence-corrected chi connectivity index (χ4v) is 3.65. The molecule has 2 N–H and O–H groups in total. The highest BCUT2D eigenvalue weighted by atomic mass is 16.6. The van der Waals surface area contributed by atoms with E-state index in [1.54, 1.807) is 17.3 Å². The first-order valence-corrected chi connectivity index (χ1v) is 11.9. The molecule has 2 saturated heterocycles. The van der Waals surface area contributed by atoms with E-state index < -0.39 is 0 Å². The molecule has 0 unspecified atom stereocenters. The summed E-state index contributed by atoms with van der Waals surface area (Å²) in [6, 6.07) is 0.545. The van der Waals surface area contributed by atoms with Gasteiger partial charge in [0.2, 0.25) is 0 Å². The van der Waals surface area contributed by atoms with Crippen LogP contribution in [0.25, 0.3) is 0 Å². The number of ether oxygens (including phenoxy) is 1. The largest absolute Gasteiger partial charge is 0.450 e. The molecule has 2 aliphatic heterocycles. The third kappa shape index (κ3) is 8.88. The number of allylic oxidation sites excluding steroid dienone is 2. The SMILES string of the molecule is CCOC(=O)N1CCN(/C=C/C=N\N/C=C(CC)/N=C(\C=N)N2CCN(C(C)C)CC2)CC1. The second kappa shape index (κ2) is 14.3. The zero-order chi connectivity index (χ0) is 24.1.